The zero-order valence-electron chi connectivity index (χ0n) is 13.5. The molecule has 1 aliphatic heterocycles. The summed E-state index contributed by atoms with van der Waals surface area (Å²) in [5.41, 5.74) is -1.04. The summed E-state index contributed by atoms with van der Waals surface area (Å²) in [5.74, 6) is -0.266. The molecule has 2 aromatic rings. The molecule has 0 spiro atoms. The van der Waals surface area contributed by atoms with Gasteiger partial charge in [0.15, 0.2) is 5.69 Å². The van der Waals surface area contributed by atoms with Crippen LogP contribution in [-0.2, 0) is 13.2 Å². The second-order valence-corrected chi connectivity index (χ2v) is 6.12. The number of alkyl halides is 3. The van der Waals surface area contributed by atoms with Crippen LogP contribution in [0.15, 0.2) is 29.3 Å². The zero-order chi connectivity index (χ0) is 18.2. The molecule has 6 nitrogen and oxygen atoms in total. The summed E-state index contributed by atoms with van der Waals surface area (Å²) < 4.78 is 39.9. The predicted molar refractivity (Wildman–Crippen MR) is 83.2 cm³/mol. The zero-order valence-corrected chi connectivity index (χ0v) is 13.5. The average Bonchev–Trinajstić information content (AvgIpc) is 2.96. The molecule has 0 radical (unpaired) electrons. The molecule has 1 amide bonds. The molecule has 9 heteroatoms. The summed E-state index contributed by atoms with van der Waals surface area (Å²) in [6.45, 7) is 0.770. The molecular formula is C16H17F3N4O2. The first kappa shape index (κ1) is 17.2. The number of halogens is 3. The monoisotopic (exact) mass is 354 g/mol. The normalized spacial score (nSPS) is 18.4. The average molecular weight is 354 g/mol. The van der Waals surface area contributed by atoms with Gasteiger partial charge in [0.25, 0.3) is 5.91 Å². The molecule has 0 bridgehead atoms. The van der Waals surface area contributed by atoms with E-state index in [0.717, 1.165) is 6.20 Å². The molecular weight excluding hydrogens is 337 g/mol. The minimum atomic E-state index is -4.49. The van der Waals surface area contributed by atoms with E-state index in [2.05, 4.69) is 9.97 Å². The highest BCUT2D eigenvalue weighted by Crippen LogP contribution is 2.32. The van der Waals surface area contributed by atoms with Crippen LogP contribution in [0, 0.1) is 0 Å². The fraction of sp³-hybridized carbons (Fsp3) is 0.438. The highest BCUT2D eigenvalue weighted by Gasteiger charge is 2.36. The maximum absolute atomic E-state index is 12.8. The molecule has 1 unspecified atom stereocenters. The van der Waals surface area contributed by atoms with Crippen molar-refractivity contribution in [1.82, 2.24) is 19.4 Å². The van der Waals surface area contributed by atoms with Crippen LogP contribution in [0.3, 0.4) is 0 Å². The molecule has 1 atom stereocenters. The molecule has 0 aromatic carbocycles. The Balaban J connectivity index is 1.81. The van der Waals surface area contributed by atoms with Gasteiger partial charge in [-0.2, -0.15) is 13.2 Å². The van der Waals surface area contributed by atoms with Crippen molar-refractivity contribution < 1.29 is 18.0 Å². The van der Waals surface area contributed by atoms with E-state index in [4.69, 9.17) is 0 Å². The van der Waals surface area contributed by atoms with Crippen LogP contribution in [0.25, 0.3) is 0 Å². The second kappa shape index (κ2) is 6.38. The maximum Gasteiger partial charge on any atom is 0.434 e. The summed E-state index contributed by atoms with van der Waals surface area (Å²) in [4.78, 5) is 31.6. The van der Waals surface area contributed by atoms with Crippen molar-refractivity contribution in [2.24, 2.45) is 7.05 Å². The van der Waals surface area contributed by atoms with Crippen LogP contribution in [-0.4, -0.2) is 38.4 Å². The van der Waals surface area contributed by atoms with Gasteiger partial charge in [0.05, 0.1) is 0 Å². The Hall–Kier alpha value is -2.58. The number of imidazole rings is 1. The highest BCUT2D eigenvalue weighted by atomic mass is 19.4. The summed E-state index contributed by atoms with van der Waals surface area (Å²) in [6, 6.07) is 2.73. The number of nitrogens with one attached hydrogen (secondary N) is 1. The lowest BCUT2D eigenvalue weighted by molar-refractivity contribution is -0.141. The minimum absolute atomic E-state index is 0.264. The Morgan fingerprint density at radius 2 is 2.16 bits per heavy atom. The van der Waals surface area contributed by atoms with Gasteiger partial charge in [-0.25, -0.2) is 4.98 Å². The fourth-order valence-corrected chi connectivity index (χ4v) is 3.13. The number of H-pyrrole nitrogens is 1. The Morgan fingerprint density at radius 3 is 2.80 bits per heavy atom. The summed E-state index contributed by atoms with van der Waals surface area (Å²) in [6.07, 6.45) is -0.821. The van der Waals surface area contributed by atoms with Crippen LogP contribution in [0.4, 0.5) is 13.2 Å². The molecule has 2 aromatic heterocycles. The number of amides is 1. The van der Waals surface area contributed by atoms with Gasteiger partial charge in [-0.15, -0.1) is 0 Å². The molecule has 134 valence electrons. The lowest BCUT2D eigenvalue weighted by Crippen LogP contribution is -2.40. The number of piperidine rings is 1. The molecule has 1 aliphatic rings. The van der Waals surface area contributed by atoms with Gasteiger partial charge in [-0.3, -0.25) is 9.59 Å². The number of nitrogens with zero attached hydrogens (tertiary/aromatic N) is 3. The second-order valence-electron chi connectivity index (χ2n) is 6.12. The Bertz CT molecular complexity index is 840. The highest BCUT2D eigenvalue weighted by molar-refractivity contribution is 5.94. The third-order valence-electron chi connectivity index (χ3n) is 4.30. The Labute approximate surface area is 141 Å². The van der Waals surface area contributed by atoms with Gasteiger partial charge in [-0.05, 0) is 18.9 Å². The van der Waals surface area contributed by atoms with Crippen LogP contribution < -0.4 is 5.56 Å². The Kier molecular flexibility index (Phi) is 4.40. The van der Waals surface area contributed by atoms with Gasteiger partial charge in [0, 0.05) is 50.1 Å². The summed E-state index contributed by atoms with van der Waals surface area (Å²) in [5, 5.41) is 0. The van der Waals surface area contributed by atoms with E-state index in [1.807, 2.05) is 0 Å². The van der Waals surface area contributed by atoms with E-state index in [1.165, 1.54) is 29.9 Å². The standard InChI is InChI=1S/C16H17F3N4O2/c1-22-9-12(16(17,18)19)21-14(22)11-3-2-6-23(8-11)15(25)10-4-5-20-13(24)7-10/h4-5,7,9,11H,2-3,6,8H2,1H3,(H,20,24). The smallest absolute Gasteiger partial charge is 0.338 e. The number of aromatic amines is 1. The number of carbonyl (C=O) groups excluding carboxylic acids is 1. The third-order valence-corrected chi connectivity index (χ3v) is 4.30. The van der Waals surface area contributed by atoms with E-state index in [9.17, 15) is 22.8 Å². The van der Waals surface area contributed by atoms with E-state index in [-0.39, 0.29) is 29.5 Å². The van der Waals surface area contributed by atoms with Gasteiger partial charge in [0.1, 0.15) is 5.82 Å². The lowest BCUT2D eigenvalue weighted by atomic mass is 9.96. The molecule has 1 saturated heterocycles. The van der Waals surface area contributed by atoms with Crippen molar-refractivity contribution in [3.05, 3.63) is 52.0 Å². The number of rotatable bonds is 2. The lowest BCUT2D eigenvalue weighted by Gasteiger charge is -2.32. The third kappa shape index (κ3) is 3.59. The fourth-order valence-electron chi connectivity index (χ4n) is 3.13. The summed E-state index contributed by atoms with van der Waals surface area (Å²) >= 11 is 0. The number of aryl methyl sites for hydroxylation is 1. The molecule has 3 rings (SSSR count). The first-order chi connectivity index (χ1) is 11.8. The van der Waals surface area contributed by atoms with E-state index < -0.39 is 11.9 Å². The van der Waals surface area contributed by atoms with Crippen LogP contribution in [0.2, 0.25) is 0 Å². The Morgan fingerprint density at radius 1 is 1.40 bits per heavy atom. The quantitative estimate of drug-likeness (QED) is 0.898. The van der Waals surface area contributed by atoms with Gasteiger partial charge >= 0.3 is 6.18 Å². The molecule has 25 heavy (non-hydrogen) atoms. The summed E-state index contributed by atoms with van der Waals surface area (Å²) in [7, 11) is 1.52. The predicted octanol–water partition coefficient (Wildman–Crippen LogP) is 2.15. The minimum Gasteiger partial charge on any atom is -0.338 e. The molecule has 1 fully saturated rings. The molecule has 0 aliphatic carbocycles. The first-order valence-electron chi connectivity index (χ1n) is 7.84. The number of likely N-dealkylation sites (tertiary alicyclic amines) is 1. The van der Waals surface area contributed by atoms with Crippen molar-refractivity contribution in [1.29, 1.82) is 0 Å². The van der Waals surface area contributed by atoms with Crippen molar-refractivity contribution in [3.63, 3.8) is 0 Å². The van der Waals surface area contributed by atoms with Crippen molar-refractivity contribution >= 4 is 5.91 Å². The van der Waals surface area contributed by atoms with E-state index >= 15 is 0 Å². The van der Waals surface area contributed by atoms with Crippen LogP contribution in [0.5, 0.6) is 0 Å². The number of hydrogen-bond donors (Lipinski definition) is 1. The van der Waals surface area contributed by atoms with E-state index in [1.54, 1.807) is 4.90 Å². The number of pyridine rings is 1. The molecule has 3 heterocycles. The van der Waals surface area contributed by atoms with Gasteiger partial charge in [0.2, 0.25) is 5.56 Å². The first-order valence-corrected chi connectivity index (χ1v) is 7.84. The molecule has 1 N–H and O–H groups in total. The SMILES string of the molecule is Cn1cc(C(F)(F)F)nc1C1CCCN(C(=O)c2cc[nH]c(=O)c2)C1. The largest absolute Gasteiger partial charge is 0.434 e. The van der Waals surface area contributed by atoms with Crippen LogP contribution in [0.1, 0.15) is 40.6 Å². The topological polar surface area (TPSA) is 71.0 Å². The number of hydrogen-bond acceptors (Lipinski definition) is 3. The van der Waals surface area contributed by atoms with Gasteiger partial charge in [-0.1, -0.05) is 0 Å². The van der Waals surface area contributed by atoms with Crippen LogP contribution >= 0.6 is 0 Å². The van der Waals surface area contributed by atoms with Crippen molar-refractivity contribution in [3.8, 4) is 0 Å². The van der Waals surface area contributed by atoms with Gasteiger partial charge < -0.3 is 14.5 Å². The number of aromatic nitrogens is 3. The maximum atomic E-state index is 12.8. The number of carbonyl (C=O) groups is 1. The van der Waals surface area contributed by atoms with Crippen molar-refractivity contribution in [2.75, 3.05) is 13.1 Å². The molecule has 0 saturated carbocycles. The van der Waals surface area contributed by atoms with Crippen molar-refractivity contribution in [2.45, 2.75) is 24.9 Å². The van der Waals surface area contributed by atoms with E-state index in [0.29, 0.717) is 25.2 Å².